The fourth-order valence-corrected chi connectivity index (χ4v) is 4.75. The molecular formula is C17H23NO2. The van der Waals surface area contributed by atoms with Crippen LogP contribution >= 0.6 is 0 Å². The first-order valence-corrected chi connectivity index (χ1v) is 8.16. The molecule has 3 atom stereocenters. The van der Waals surface area contributed by atoms with Crippen LogP contribution in [0.5, 0.6) is 0 Å². The van der Waals surface area contributed by atoms with E-state index in [-0.39, 0.29) is 11.6 Å². The zero-order valence-corrected chi connectivity index (χ0v) is 12.2. The Bertz CT molecular complexity index is 507. The Morgan fingerprint density at radius 1 is 1.45 bits per heavy atom. The van der Waals surface area contributed by atoms with Gasteiger partial charge in [-0.3, -0.25) is 4.90 Å². The number of nitrogens with zero attached hydrogens (tertiary/aromatic N) is 1. The van der Waals surface area contributed by atoms with Crippen molar-refractivity contribution in [3.8, 4) is 0 Å². The fraction of sp³-hybridized carbons (Fsp3) is 0.706. The van der Waals surface area contributed by atoms with Gasteiger partial charge in [0.05, 0.1) is 6.04 Å². The van der Waals surface area contributed by atoms with E-state index < -0.39 is 0 Å². The molecule has 20 heavy (non-hydrogen) atoms. The van der Waals surface area contributed by atoms with Crippen molar-refractivity contribution in [3.05, 3.63) is 23.3 Å². The van der Waals surface area contributed by atoms with E-state index in [2.05, 4.69) is 17.9 Å². The Hall–Kier alpha value is -1.09. The van der Waals surface area contributed by atoms with Crippen molar-refractivity contribution in [3.63, 3.8) is 0 Å². The van der Waals surface area contributed by atoms with Crippen molar-refractivity contribution in [1.82, 2.24) is 4.90 Å². The molecule has 108 valence electrons. The molecule has 1 aliphatic carbocycles. The number of ether oxygens (including phenoxy) is 1. The predicted molar refractivity (Wildman–Crippen MR) is 77.3 cm³/mol. The average Bonchev–Trinajstić information content (AvgIpc) is 2.93. The van der Waals surface area contributed by atoms with Crippen LogP contribution in [0, 0.1) is 0 Å². The molecule has 0 saturated carbocycles. The molecule has 2 bridgehead atoms. The van der Waals surface area contributed by atoms with Gasteiger partial charge in [0.15, 0.2) is 5.60 Å². The van der Waals surface area contributed by atoms with Crippen LogP contribution in [-0.4, -0.2) is 35.1 Å². The van der Waals surface area contributed by atoms with Crippen molar-refractivity contribution in [2.45, 2.75) is 69.6 Å². The molecule has 0 N–H and O–H groups in total. The van der Waals surface area contributed by atoms with Crippen molar-refractivity contribution < 1.29 is 9.53 Å². The van der Waals surface area contributed by atoms with Crippen LogP contribution in [0.15, 0.2) is 23.3 Å². The van der Waals surface area contributed by atoms with E-state index in [4.69, 9.17) is 4.74 Å². The van der Waals surface area contributed by atoms with Gasteiger partial charge >= 0.3 is 5.97 Å². The Kier molecular flexibility index (Phi) is 2.81. The Balaban J connectivity index is 1.75. The normalized spacial score (nSPS) is 39.0. The molecule has 0 aromatic rings. The summed E-state index contributed by atoms with van der Waals surface area (Å²) in [6.07, 6.45) is 12.4. The lowest BCUT2D eigenvalue weighted by Gasteiger charge is -2.38. The number of fused-ring (bicyclic) bond motifs is 3. The van der Waals surface area contributed by atoms with E-state index in [9.17, 15) is 4.79 Å². The van der Waals surface area contributed by atoms with Crippen LogP contribution in [-0.2, 0) is 9.53 Å². The van der Waals surface area contributed by atoms with Gasteiger partial charge in [0.25, 0.3) is 0 Å². The van der Waals surface area contributed by atoms with E-state index >= 15 is 0 Å². The maximum absolute atomic E-state index is 11.9. The van der Waals surface area contributed by atoms with Gasteiger partial charge in [0.2, 0.25) is 0 Å². The first-order chi connectivity index (χ1) is 9.74. The molecule has 0 aromatic heterocycles. The largest absolute Gasteiger partial charge is 0.449 e. The minimum absolute atomic E-state index is 0.115. The van der Waals surface area contributed by atoms with Crippen LogP contribution in [0.2, 0.25) is 0 Å². The average molecular weight is 273 g/mol. The van der Waals surface area contributed by atoms with E-state index in [0.29, 0.717) is 12.1 Å². The number of carbonyl (C=O) groups excluding carboxylic acids is 1. The van der Waals surface area contributed by atoms with Gasteiger partial charge in [-0.1, -0.05) is 25.8 Å². The molecule has 3 unspecified atom stereocenters. The summed E-state index contributed by atoms with van der Waals surface area (Å²) in [5.74, 6) is -0.115. The highest BCUT2D eigenvalue weighted by Crippen LogP contribution is 2.54. The number of hydrogen-bond donors (Lipinski definition) is 0. The molecule has 3 heteroatoms. The minimum Gasteiger partial charge on any atom is -0.449 e. The molecule has 3 nitrogen and oxygen atoms in total. The van der Waals surface area contributed by atoms with Crippen LogP contribution in [0.1, 0.15) is 51.9 Å². The Morgan fingerprint density at radius 3 is 3.20 bits per heavy atom. The molecular weight excluding hydrogens is 250 g/mol. The van der Waals surface area contributed by atoms with Gasteiger partial charge in [-0.25, -0.2) is 4.79 Å². The molecule has 3 aliphatic heterocycles. The summed E-state index contributed by atoms with van der Waals surface area (Å²) in [6.45, 7) is 3.39. The summed E-state index contributed by atoms with van der Waals surface area (Å²) in [6, 6.07) is 0.921. The molecule has 4 aliphatic rings. The highest BCUT2D eigenvalue weighted by molar-refractivity contribution is 5.89. The lowest BCUT2D eigenvalue weighted by Crippen LogP contribution is -2.48. The molecule has 1 spiro atoms. The second kappa shape index (κ2) is 4.45. The third-order valence-electron chi connectivity index (χ3n) is 5.56. The van der Waals surface area contributed by atoms with Crippen LogP contribution in [0.4, 0.5) is 0 Å². The number of esters is 1. The summed E-state index contributed by atoms with van der Waals surface area (Å²) >= 11 is 0. The van der Waals surface area contributed by atoms with Crippen LogP contribution in [0.3, 0.4) is 0 Å². The van der Waals surface area contributed by atoms with Gasteiger partial charge in [-0.15, -0.1) is 0 Å². The summed E-state index contributed by atoms with van der Waals surface area (Å²) in [4.78, 5) is 14.5. The Labute approximate surface area is 120 Å². The quantitative estimate of drug-likeness (QED) is 0.740. The van der Waals surface area contributed by atoms with E-state index in [1.54, 1.807) is 6.08 Å². The lowest BCUT2D eigenvalue weighted by molar-refractivity contribution is -0.148. The summed E-state index contributed by atoms with van der Waals surface area (Å²) < 4.78 is 5.91. The Morgan fingerprint density at radius 2 is 2.35 bits per heavy atom. The smallest absolute Gasteiger partial charge is 0.332 e. The standard InChI is InChI=1S/C17H23NO2/c1-2-3-6-12-9-13-11-17(14(12)10-16(19)20-17)15-7-4-5-8-18(13)15/h9-10,13,15H,2-8,11H2,1H3. The second-order valence-electron chi connectivity index (χ2n) is 6.68. The molecule has 0 amide bonds. The van der Waals surface area contributed by atoms with Crippen molar-refractivity contribution >= 4 is 5.97 Å². The van der Waals surface area contributed by atoms with Crippen molar-refractivity contribution in [2.24, 2.45) is 0 Å². The first kappa shape index (κ1) is 12.6. The molecule has 3 heterocycles. The highest BCUT2D eigenvalue weighted by Gasteiger charge is 2.61. The maximum Gasteiger partial charge on any atom is 0.332 e. The van der Waals surface area contributed by atoms with Gasteiger partial charge in [0.1, 0.15) is 0 Å². The number of piperidine rings is 1. The number of carbonyl (C=O) groups is 1. The van der Waals surface area contributed by atoms with E-state index in [1.165, 1.54) is 49.8 Å². The monoisotopic (exact) mass is 273 g/mol. The summed E-state index contributed by atoms with van der Waals surface area (Å²) in [7, 11) is 0. The van der Waals surface area contributed by atoms with Crippen molar-refractivity contribution in [1.29, 1.82) is 0 Å². The zero-order valence-electron chi connectivity index (χ0n) is 12.2. The third kappa shape index (κ3) is 1.59. The van der Waals surface area contributed by atoms with E-state index in [0.717, 1.165) is 12.8 Å². The van der Waals surface area contributed by atoms with Gasteiger partial charge in [-0.2, -0.15) is 0 Å². The fourth-order valence-electron chi connectivity index (χ4n) is 4.75. The van der Waals surface area contributed by atoms with Crippen molar-refractivity contribution in [2.75, 3.05) is 6.54 Å². The van der Waals surface area contributed by atoms with Crippen LogP contribution < -0.4 is 0 Å². The van der Waals surface area contributed by atoms with Crippen LogP contribution in [0.25, 0.3) is 0 Å². The number of rotatable bonds is 3. The zero-order chi connectivity index (χ0) is 13.7. The van der Waals surface area contributed by atoms with Gasteiger partial charge < -0.3 is 4.74 Å². The van der Waals surface area contributed by atoms with Gasteiger partial charge in [-0.05, 0) is 37.8 Å². The SMILES string of the molecule is CCCCC1=CC2CC3(OC(=O)C=C13)C1CCCCN21. The molecule has 2 saturated heterocycles. The molecule has 2 fully saturated rings. The topological polar surface area (TPSA) is 29.5 Å². The lowest BCUT2D eigenvalue weighted by atomic mass is 9.75. The summed E-state index contributed by atoms with van der Waals surface area (Å²) in [5, 5.41) is 0. The first-order valence-electron chi connectivity index (χ1n) is 8.16. The van der Waals surface area contributed by atoms with Gasteiger partial charge in [0, 0.05) is 24.1 Å². The molecule has 0 radical (unpaired) electrons. The third-order valence-corrected chi connectivity index (χ3v) is 5.56. The van der Waals surface area contributed by atoms with E-state index in [1.807, 2.05) is 0 Å². The second-order valence-corrected chi connectivity index (χ2v) is 6.68. The number of unbranched alkanes of at least 4 members (excludes halogenated alkanes) is 1. The number of hydrogen-bond acceptors (Lipinski definition) is 3. The molecule has 0 aromatic carbocycles. The summed E-state index contributed by atoms with van der Waals surface area (Å²) in [5.41, 5.74) is 2.32. The minimum atomic E-state index is -0.292. The maximum atomic E-state index is 11.9. The highest BCUT2D eigenvalue weighted by atomic mass is 16.6. The molecule has 4 rings (SSSR count). The predicted octanol–water partition coefficient (Wildman–Crippen LogP) is 2.97.